The fourth-order valence-corrected chi connectivity index (χ4v) is 2.59. The second-order valence-electron chi connectivity index (χ2n) is 6.60. The maximum atomic E-state index is 13.6. The molecule has 3 N–H and O–H groups in total. The van der Waals surface area contributed by atoms with Crippen molar-refractivity contribution in [1.29, 1.82) is 0 Å². The second-order valence-corrected chi connectivity index (χ2v) is 6.60. The molecule has 0 saturated heterocycles. The number of hydrogen-bond acceptors (Lipinski definition) is 2. The molecule has 0 aliphatic carbocycles. The van der Waals surface area contributed by atoms with Gasteiger partial charge in [-0.05, 0) is 31.0 Å². The minimum atomic E-state index is -2.32. The van der Waals surface area contributed by atoms with Gasteiger partial charge in [-0.25, -0.2) is 22.0 Å². The molecule has 156 valence electrons. The normalized spacial score (nSPS) is 11.9. The highest BCUT2D eigenvalue weighted by atomic mass is 19.2. The van der Waals surface area contributed by atoms with Crippen molar-refractivity contribution in [2.45, 2.75) is 13.8 Å². The monoisotopic (exact) mass is 416 g/mol. The summed E-state index contributed by atoms with van der Waals surface area (Å²) in [5.74, 6) is -12.4. The Morgan fingerprint density at radius 3 is 1.86 bits per heavy atom. The van der Waals surface area contributed by atoms with E-state index >= 15 is 0 Å². The highest BCUT2D eigenvalue weighted by molar-refractivity contribution is 5.93. The number of amides is 2. The minimum absolute atomic E-state index is 0.169. The van der Waals surface area contributed by atoms with Crippen LogP contribution in [0.25, 0.3) is 0 Å². The number of rotatable bonds is 6. The number of quaternary nitrogens is 1. The zero-order valence-electron chi connectivity index (χ0n) is 15.9. The van der Waals surface area contributed by atoms with Crippen LogP contribution in [-0.2, 0) is 9.59 Å². The standard InChI is InChI=1S/C19H18F5N3O2/c1-9-5-4-6-11(10(9)2)25-12(28)7-27(3)8-13(29)26-19-17(23)15(21)14(20)16(22)18(19)24/h4-6H,7-8H2,1-3H3,(H,25,28)(H,26,29)/p+1. The lowest BCUT2D eigenvalue weighted by molar-refractivity contribution is -0.862. The van der Waals surface area contributed by atoms with Crippen LogP contribution in [0.15, 0.2) is 18.2 Å². The lowest BCUT2D eigenvalue weighted by Gasteiger charge is -2.15. The van der Waals surface area contributed by atoms with E-state index in [-0.39, 0.29) is 6.54 Å². The predicted octanol–water partition coefficient (Wildman–Crippen LogP) is 2.09. The first-order chi connectivity index (χ1) is 13.5. The van der Waals surface area contributed by atoms with Crippen LogP contribution in [0.1, 0.15) is 11.1 Å². The molecule has 2 rings (SSSR count). The molecular weight excluding hydrogens is 397 g/mol. The second kappa shape index (κ2) is 8.99. The van der Waals surface area contributed by atoms with E-state index in [0.717, 1.165) is 11.1 Å². The number of carbonyl (C=O) groups is 2. The van der Waals surface area contributed by atoms with E-state index in [1.807, 2.05) is 19.9 Å². The van der Waals surface area contributed by atoms with Crippen molar-refractivity contribution < 1.29 is 36.4 Å². The molecule has 0 spiro atoms. The van der Waals surface area contributed by atoms with E-state index in [1.54, 1.807) is 17.4 Å². The Kier molecular flexibility index (Phi) is 6.91. The molecule has 0 aliphatic heterocycles. The Morgan fingerprint density at radius 2 is 1.31 bits per heavy atom. The highest BCUT2D eigenvalue weighted by Crippen LogP contribution is 2.26. The number of carbonyl (C=O) groups excluding carboxylic acids is 2. The molecule has 0 bridgehead atoms. The third-order valence-corrected chi connectivity index (χ3v) is 4.28. The molecule has 5 nitrogen and oxygen atoms in total. The predicted molar refractivity (Wildman–Crippen MR) is 96.0 cm³/mol. The number of nitrogens with one attached hydrogen (secondary N) is 3. The van der Waals surface area contributed by atoms with E-state index in [2.05, 4.69) is 5.32 Å². The summed E-state index contributed by atoms with van der Waals surface area (Å²) in [7, 11) is 1.46. The van der Waals surface area contributed by atoms with Crippen LogP contribution in [0.5, 0.6) is 0 Å². The molecule has 0 aromatic heterocycles. The summed E-state index contributed by atoms with van der Waals surface area (Å²) in [5, 5.41) is 4.36. The van der Waals surface area contributed by atoms with E-state index in [9.17, 15) is 31.5 Å². The van der Waals surface area contributed by atoms with E-state index < -0.39 is 53.1 Å². The largest absolute Gasteiger partial charge is 0.322 e. The van der Waals surface area contributed by atoms with Crippen molar-refractivity contribution in [3.05, 3.63) is 58.4 Å². The lowest BCUT2D eigenvalue weighted by Crippen LogP contribution is -3.11. The van der Waals surface area contributed by atoms with Gasteiger partial charge >= 0.3 is 0 Å². The minimum Gasteiger partial charge on any atom is -0.322 e. The van der Waals surface area contributed by atoms with Gasteiger partial charge in [0.1, 0.15) is 5.69 Å². The summed E-state index contributed by atoms with van der Waals surface area (Å²) in [4.78, 5) is 24.4. The molecule has 2 amide bonds. The van der Waals surface area contributed by atoms with E-state index in [4.69, 9.17) is 0 Å². The van der Waals surface area contributed by atoms with Crippen molar-refractivity contribution in [3.63, 3.8) is 0 Å². The quantitative estimate of drug-likeness (QED) is 0.384. The van der Waals surface area contributed by atoms with Gasteiger partial charge in [-0.15, -0.1) is 0 Å². The molecule has 0 heterocycles. The summed E-state index contributed by atoms with van der Waals surface area (Å²) >= 11 is 0. The molecule has 2 aromatic carbocycles. The number of aryl methyl sites for hydroxylation is 1. The maximum Gasteiger partial charge on any atom is 0.279 e. The van der Waals surface area contributed by atoms with Gasteiger partial charge in [0.2, 0.25) is 5.82 Å². The number of benzene rings is 2. The van der Waals surface area contributed by atoms with Crippen LogP contribution in [0.4, 0.5) is 33.3 Å². The zero-order valence-corrected chi connectivity index (χ0v) is 15.9. The Labute approximate surface area is 163 Å². The topological polar surface area (TPSA) is 62.6 Å². The van der Waals surface area contributed by atoms with Crippen LogP contribution >= 0.6 is 0 Å². The van der Waals surface area contributed by atoms with Gasteiger partial charge in [0.25, 0.3) is 11.8 Å². The molecule has 1 atom stereocenters. The molecule has 2 aromatic rings. The molecule has 1 unspecified atom stereocenters. The molecular formula is C19H19F5N3O2+. The van der Waals surface area contributed by atoms with Crippen LogP contribution in [0, 0.1) is 42.9 Å². The summed E-state index contributed by atoms with van der Waals surface area (Å²) in [6, 6.07) is 5.36. The number of halogens is 5. The molecule has 29 heavy (non-hydrogen) atoms. The first kappa shape index (κ1) is 22.3. The molecule has 0 radical (unpaired) electrons. The van der Waals surface area contributed by atoms with Crippen molar-refractivity contribution >= 4 is 23.2 Å². The lowest BCUT2D eigenvalue weighted by atomic mass is 10.1. The fourth-order valence-electron chi connectivity index (χ4n) is 2.59. The van der Waals surface area contributed by atoms with Gasteiger partial charge in [0.05, 0.1) is 7.05 Å². The van der Waals surface area contributed by atoms with Crippen LogP contribution in [0.3, 0.4) is 0 Å². The van der Waals surface area contributed by atoms with Crippen molar-refractivity contribution in [1.82, 2.24) is 0 Å². The van der Waals surface area contributed by atoms with Crippen molar-refractivity contribution in [2.24, 2.45) is 0 Å². The number of likely N-dealkylation sites (N-methyl/N-ethyl adjacent to an activating group) is 1. The Bertz CT molecular complexity index is 936. The summed E-state index contributed by atoms with van der Waals surface area (Å²) in [6.45, 7) is 3.10. The summed E-state index contributed by atoms with van der Waals surface area (Å²) < 4.78 is 66.6. The number of anilines is 2. The van der Waals surface area contributed by atoms with E-state index in [1.165, 1.54) is 7.05 Å². The molecule has 10 heteroatoms. The highest BCUT2D eigenvalue weighted by Gasteiger charge is 2.27. The third-order valence-electron chi connectivity index (χ3n) is 4.28. The van der Waals surface area contributed by atoms with Gasteiger partial charge in [-0.2, -0.15) is 0 Å². The summed E-state index contributed by atoms with van der Waals surface area (Å²) in [6.07, 6.45) is 0. The van der Waals surface area contributed by atoms with Gasteiger partial charge in [-0.1, -0.05) is 12.1 Å². The van der Waals surface area contributed by atoms with Crippen LogP contribution in [0.2, 0.25) is 0 Å². The van der Waals surface area contributed by atoms with Gasteiger partial charge in [0.15, 0.2) is 36.4 Å². The Hall–Kier alpha value is -3.01. The van der Waals surface area contributed by atoms with Gasteiger partial charge < -0.3 is 15.5 Å². The van der Waals surface area contributed by atoms with Crippen LogP contribution in [-0.4, -0.2) is 32.0 Å². The summed E-state index contributed by atoms with van der Waals surface area (Å²) in [5.41, 5.74) is 1.03. The van der Waals surface area contributed by atoms with Gasteiger partial charge in [0, 0.05) is 5.69 Å². The average molecular weight is 416 g/mol. The first-order valence-electron chi connectivity index (χ1n) is 8.51. The fraction of sp³-hybridized carbons (Fsp3) is 0.263. The SMILES string of the molecule is Cc1cccc(NC(=O)C[NH+](C)CC(=O)Nc2c(F)c(F)c(F)c(F)c2F)c1C. The van der Waals surface area contributed by atoms with Crippen molar-refractivity contribution in [3.8, 4) is 0 Å². The maximum absolute atomic E-state index is 13.6. The zero-order chi connectivity index (χ0) is 21.9. The third kappa shape index (κ3) is 5.08. The van der Waals surface area contributed by atoms with E-state index in [0.29, 0.717) is 10.6 Å². The first-order valence-corrected chi connectivity index (χ1v) is 8.51. The smallest absolute Gasteiger partial charge is 0.279 e. The molecule has 0 aliphatic rings. The van der Waals surface area contributed by atoms with Crippen LogP contribution < -0.4 is 15.5 Å². The number of hydrogen-bond donors (Lipinski definition) is 3. The van der Waals surface area contributed by atoms with Crippen molar-refractivity contribution in [2.75, 3.05) is 30.8 Å². The Morgan fingerprint density at radius 1 is 0.828 bits per heavy atom. The Balaban J connectivity index is 1.99. The van der Waals surface area contributed by atoms with Gasteiger partial charge in [-0.3, -0.25) is 9.59 Å². The molecule has 0 fully saturated rings. The average Bonchev–Trinajstić information content (AvgIpc) is 2.65. The molecule has 0 saturated carbocycles.